The molecule has 0 spiro atoms. The van der Waals surface area contributed by atoms with Gasteiger partial charge in [-0.25, -0.2) is 0 Å². The second kappa shape index (κ2) is 6.13. The summed E-state index contributed by atoms with van der Waals surface area (Å²) in [6, 6.07) is 12.0. The van der Waals surface area contributed by atoms with Gasteiger partial charge in [-0.1, -0.05) is 29.8 Å². The van der Waals surface area contributed by atoms with E-state index >= 15 is 0 Å². The summed E-state index contributed by atoms with van der Waals surface area (Å²) in [5, 5.41) is 0.732. The SMILES string of the molecule is Cc1cc(-c2cc(Cl)ccc2C)ccc1C(=O)N1CCCC1. The fourth-order valence-electron chi connectivity index (χ4n) is 3.07. The molecule has 0 radical (unpaired) electrons. The van der Waals surface area contributed by atoms with Crippen molar-refractivity contribution in [3.8, 4) is 11.1 Å². The average Bonchev–Trinajstić information content (AvgIpc) is 3.03. The molecule has 22 heavy (non-hydrogen) atoms. The second-order valence-electron chi connectivity index (χ2n) is 5.99. The molecule has 1 amide bonds. The van der Waals surface area contributed by atoms with E-state index in [0.29, 0.717) is 0 Å². The highest BCUT2D eigenvalue weighted by Gasteiger charge is 2.21. The van der Waals surface area contributed by atoms with E-state index in [0.717, 1.165) is 53.2 Å². The van der Waals surface area contributed by atoms with Gasteiger partial charge in [-0.2, -0.15) is 0 Å². The molecule has 0 saturated carbocycles. The van der Waals surface area contributed by atoms with Crippen molar-refractivity contribution in [1.29, 1.82) is 0 Å². The summed E-state index contributed by atoms with van der Waals surface area (Å²) < 4.78 is 0. The Hall–Kier alpha value is -1.80. The maximum absolute atomic E-state index is 12.5. The standard InChI is InChI=1S/C19H20ClNO/c1-13-5-7-16(20)12-18(13)15-6-8-17(14(2)11-15)19(22)21-9-3-4-10-21/h5-8,11-12H,3-4,9-10H2,1-2H3. The van der Waals surface area contributed by atoms with E-state index in [2.05, 4.69) is 13.0 Å². The van der Waals surface area contributed by atoms with Crippen molar-refractivity contribution in [3.63, 3.8) is 0 Å². The van der Waals surface area contributed by atoms with Crippen LogP contribution in [0.1, 0.15) is 34.3 Å². The number of halogens is 1. The molecule has 0 unspecified atom stereocenters. The highest BCUT2D eigenvalue weighted by Crippen LogP contribution is 2.28. The molecule has 114 valence electrons. The zero-order chi connectivity index (χ0) is 15.7. The monoisotopic (exact) mass is 313 g/mol. The lowest BCUT2D eigenvalue weighted by atomic mass is 9.96. The van der Waals surface area contributed by atoms with Crippen LogP contribution in [0.4, 0.5) is 0 Å². The highest BCUT2D eigenvalue weighted by atomic mass is 35.5. The second-order valence-corrected chi connectivity index (χ2v) is 6.42. The van der Waals surface area contributed by atoms with Gasteiger partial charge in [-0.15, -0.1) is 0 Å². The van der Waals surface area contributed by atoms with Crippen LogP contribution in [0, 0.1) is 13.8 Å². The van der Waals surface area contributed by atoms with Crippen molar-refractivity contribution in [2.45, 2.75) is 26.7 Å². The largest absolute Gasteiger partial charge is 0.339 e. The van der Waals surface area contributed by atoms with E-state index in [4.69, 9.17) is 11.6 Å². The van der Waals surface area contributed by atoms with Crippen molar-refractivity contribution in [2.75, 3.05) is 13.1 Å². The molecule has 3 rings (SSSR count). The normalized spacial score (nSPS) is 14.4. The van der Waals surface area contributed by atoms with Gasteiger partial charge in [0.2, 0.25) is 0 Å². The molecule has 0 bridgehead atoms. The number of hydrogen-bond donors (Lipinski definition) is 0. The van der Waals surface area contributed by atoms with Crippen LogP contribution < -0.4 is 0 Å². The zero-order valence-corrected chi connectivity index (χ0v) is 13.8. The van der Waals surface area contributed by atoms with Crippen LogP contribution in [0.15, 0.2) is 36.4 Å². The van der Waals surface area contributed by atoms with E-state index in [-0.39, 0.29) is 5.91 Å². The van der Waals surface area contributed by atoms with E-state index in [9.17, 15) is 4.79 Å². The van der Waals surface area contributed by atoms with Crippen molar-refractivity contribution in [3.05, 3.63) is 58.1 Å². The predicted octanol–water partition coefficient (Wildman–Crippen LogP) is 4.86. The molecule has 1 heterocycles. The Balaban J connectivity index is 1.95. The van der Waals surface area contributed by atoms with E-state index in [1.807, 2.05) is 42.2 Å². The molecule has 2 nitrogen and oxygen atoms in total. The number of amides is 1. The lowest BCUT2D eigenvalue weighted by molar-refractivity contribution is 0.0792. The van der Waals surface area contributed by atoms with E-state index in [1.165, 1.54) is 5.56 Å². The van der Waals surface area contributed by atoms with Gasteiger partial charge in [0.15, 0.2) is 0 Å². The smallest absolute Gasteiger partial charge is 0.254 e. The number of likely N-dealkylation sites (tertiary alicyclic amines) is 1. The summed E-state index contributed by atoms with van der Waals surface area (Å²) >= 11 is 6.11. The summed E-state index contributed by atoms with van der Waals surface area (Å²) in [5.74, 6) is 0.157. The number of hydrogen-bond acceptors (Lipinski definition) is 1. The van der Waals surface area contributed by atoms with Crippen LogP contribution >= 0.6 is 11.6 Å². The fourth-order valence-corrected chi connectivity index (χ4v) is 3.24. The molecule has 2 aromatic carbocycles. The van der Waals surface area contributed by atoms with Crippen LogP contribution in [0.5, 0.6) is 0 Å². The quantitative estimate of drug-likeness (QED) is 0.775. The van der Waals surface area contributed by atoms with Gasteiger partial charge in [0, 0.05) is 23.7 Å². The lowest BCUT2D eigenvalue weighted by Crippen LogP contribution is -2.28. The van der Waals surface area contributed by atoms with Crippen LogP contribution in [0.3, 0.4) is 0 Å². The molecule has 0 atom stereocenters. The van der Waals surface area contributed by atoms with Gasteiger partial charge in [-0.3, -0.25) is 4.79 Å². The van der Waals surface area contributed by atoms with Crippen LogP contribution in [0.25, 0.3) is 11.1 Å². The zero-order valence-electron chi connectivity index (χ0n) is 13.0. The summed E-state index contributed by atoms with van der Waals surface area (Å²) in [6.07, 6.45) is 2.23. The highest BCUT2D eigenvalue weighted by molar-refractivity contribution is 6.30. The van der Waals surface area contributed by atoms with Crippen LogP contribution in [0.2, 0.25) is 5.02 Å². The van der Waals surface area contributed by atoms with E-state index < -0.39 is 0 Å². The van der Waals surface area contributed by atoms with Gasteiger partial charge < -0.3 is 4.90 Å². The molecule has 0 N–H and O–H groups in total. The minimum absolute atomic E-state index is 0.157. The van der Waals surface area contributed by atoms with E-state index in [1.54, 1.807) is 0 Å². The number of benzene rings is 2. The molecule has 1 fully saturated rings. The first-order valence-corrected chi connectivity index (χ1v) is 8.10. The predicted molar refractivity (Wildman–Crippen MR) is 91.5 cm³/mol. The number of carbonyl (C=O) groups excluding carboxylic acids is 1. The maximum atomic E-state index is 12.5. The number of nitrogens with zero attached hydrogens (tertiary/aromatic N) is 1. The third kappa shape index (κ3) is 2.89. The molecule has 0 aliphatic carbocycles. The Bertz CT molecular complexity index is 717. The van der Waals surface area contributed by atoms with Gasteiger partial charge in [0.05, 0.1) is 0 Å². The molecule has 3 heteroatoms. The summed E-state index contributed by atoms with van der Waals surface area (Å²) in [4.78, 5) is 14.5. The Kier molecular flexibility index (Phi) is 4.21. The molecule has 2 aromatic rings. The Morgan fingerprint density at radius 2 is 1.73 bits per heavy atom. The first-order chi connectivity index (χ1) is 10.6. The van der Waals surface area contributed by atoms with Gasteiger partial charge in [0.1, 0.15) is 0 Å². The molecule has 0 aromatic heterocycles. The minimum Gasteiger partial charge on any atom is -0.339 e. The van der Waals surface area contributed by atoms with Crippen molar-refractivity contribution >= 4 is 17.5 Å². The Morgan fingerprint density at radius 3 is 2.41 bits per heavy atom. The van der Waals surface area contributed by atoms with Gasteiger partial charge >= 0.3 is 0 Å². The molecule has 1 saturated heterocycles. The summed E-state index contributed by atoms with van der Waals surface area (Å²) in [7, 11) is 0. The van der Waals surface area contributed by atoms with Crippen molar-refractivity contribution in [2.24, 2.45) is 0 Å². The minimum atomic E-state index is 0.157. The third-order valence-electron chi connectivity index (χ3n) is 4.36. The third-order valence-corrected chi connectivity index (χ3v) is 4.60. The first kappa shape index (κ1) is 15.1. The first-order valence-electron chi connectivity index (χ1n) is 7.73. The van der Waals surface area contributed by atoms with Gasteiger partial charge in [0.25, 0.3) is 5.91 Å². The lowest BCUT2D eigenvalue weighted by Gasteiger charge is -2.17. The topological polar surface area (TPSA) is 20.3 Å². The van der Waals surface area contributed by atoms with Crippen LogP contribution in [-0.4, -0.2) is 23.9 Å². The fraction of sp³-hybridized carbons (Fsp3) is 0.316. The van der Waals surface area contributed by atoms with Crippen molar-refractivity contribution in [1.82, 2.24) is 4.90 Å². The summed E-state index contributed by atoms with van der Waals surface area (Å²) in [5.41, 5.74) is 5.24. The number of aryl methyl sites for hydroxylation is 2. The molecule has 1 aliphatic rings. The molecular weight excluding hydrogens is 294 g/mol. The Morgan fingerprint density at radius 1 is 1.00 bits per heavy atom. The van der Waals surface area contributed by atoms with Crippen molar-refractivity contribution < 1.29 is 4.79 Å². The molecular formula is C19H20ClNO. The number of carbonyl (C=O) groups is 1. The summed E-state index contributed by atoms with van der Waals surface area (Å²) in [6.45, 7) is 5.85. The Labute approximate surface area is 136 Å². The van der Waals surface area contributed by atoms with Crippen LogP contribution in [-0.2, 0) is 0 Å². The average molecular weight is 314 g/mol. The maximum Gasteiger partial charge on any atom is 0.254 e. The van der Waals surface area contributed by atoms with Gasteiger partial charge in [-0.05, 0) is 67.1 Å². The molecule has 1 aliphatic heterocycles. The number of rotatable bonds is 2.